The number of amides is 1. The lowest BCUT2D eigenvalue weighted by atomic mass is 10.1. The molecular formula is C21H18N6O4. The van der Waals surface area contributed by atoms with Gasteiger partial charge >= 0.3 is 0 Å². The van der Waals surface area contributed by atoms with Gasteiger partial charge in [-0.15, -0.1) is 5.10 Å². The molecule has 0 bridgehead atoms. The van der Waals surface area contributed by atoms with Crippen molar-refractivity contribution in [3.63, 3.8) is 0 Å². The van der Waals surface area contributed by atoms with E-state index < -0.39 is 11.5 Å². The van der Waals surface area contributed by atoms with Crippen LogP contribution in [0.2, 0.25) is 0 Å². The van der Waals surface area contributed by atoms with E-state index in [-0.39, 0.29) is 23.5 Å². The zero-order chi connectivity index (χ0) is 22.0. The number of aromatic nitrogens is 5. The number of benzene rings is 2. The van der Waals surface area contributed by atoms with E-state index in [9.17, 15) is 14.4 Å². The van der Waals surface area contributed by atoms with Crippen LogP contribution in [0.5, 0.6) is 5.75 Å². The molecule has 10 nitrogen and oxygen atoms in total. The minimum atomic E-state index is -0.485. The summed E-state index contributed by atoms with van der Waals surface area (Å²) < 4.78 is 7.80. The number of rotatable bonds is 6. The van der Waals surface area contributed by atoms with Gasteiger partial charge in [0.05, 0.1) is 12.8 Å². The van der Waals surface area contributed by atoms with Crippen LogP contribution in [0.15, 0.2) is 59.7 Å². The molecular weight excluding hydrogens is 400 g/mol. The highest BCUT2D eigenvalue weighted by Crippen LogP contribution is 2.18. The van der Waals surface area contributed by atoms with Crippen molar-refractivity contribution in [3.05, 3.63) is 70.8 Å². The van der Waals surface area contributed by atoms with Crippen LogP contribution in [-0.4, -0.2) is 43.3 Å². The van der Waals surface area contributed by atoms with Crippen molar-refractivity contribution in [2.45, 2.75) is 13.5 Å². The first kappa shape index (κ1) is 20.0. The lowest BCUT2D eigenvalue weighted by Crippen LogP contribution is -2.28. The summed E-state index contributed by atoms with van der Waals surface area (Å²) in [5.41, 5.74) is 1.53. The zero-order valence-corrected chi connectivity index (χ0v) is 16.8. The highest BCUT2D eigenvalue weighted by molar-refractivity contribution is 5.95. The van der Waals surface area contributed by atoms with Crippen LogP contribution in [-0.2, 0) is 11.3 Å². The molecule has 0 unspecified atom stereocenters. The molecule has 4 aromatic rings. The predicted octanol–water partition coefficient (Wildman–Crippen LogP) is 1.83. The lowest BCUT2D eigenvalue weighted by Gasteiger charge is -2.08. The summed E-state index contributed by atoms with van der Waals surface area (Å²) in [6, 6.07) is 13.6. The standard InChI is InChI=1S/C21H18N6O4/c1-13(28)14-6-8-15(9-7-14)23-18(29)11-26-12-22-20-19(21(26)30)24-25-27(20)16-4-3-5-17(10-16)31-2/h3-10,12H,11H2,1-2H3,(H,23,29). The fraction of sp³-hybridized carbons (Fsp3) is 0.143. The SMILES string of the molecule is COc1cccc(-n2nnc3c(=O)n(CC(=O)Nc4ccc(C(C)=O)cc4)cnc32)c1. The quantitative estimate of drug-likeness (QED) is 0.474. The molecule has 0 saturated carbocycles. The van der Waals surface area contributed by atoms with Gasteiger partial charge in [0.25, 0.3) is 5.56 Å². The Bertz CT molecular complexity index is 1340. The smallest absolute Gasteiger partial charge is 0.284 e. The van der Waals surface area contributed by atoms with Gasteiger partial charge in [-0.2, -0.15) is 4.68 Å². The number of nitrogens with zero attached hydrogens (tertiary/aromatic N) is 5. The number of methoxy groups -OCH3 is 1. The van der Waals surface area contributed by atoms with Crippen molar-refractivity contribution in [2.75, 3.05) is 12.4 Å². The predicted molar refractivity (Wildman–Crippen MR) is 113 cm³/mol. The summed E-state index contributed by atoms with van der Waals surface area (Å²) in [5, 5.41) is 10.6. The number of Topliss-reactive ketones (excluding diaryl/α,β-unsaturated/α-hetero) is 1. The Hall–Kier alpha value is -4.34. The summed E-state index contributed by atoms with van der Waals surface area (Å²) in [6.45, 7) is 1.22. The molecule has 1 amide bonds. The molecule has 156 valence electrons. The zero-order valence-electron chi connectivity index (χ0n) is 16.8. The van der Waals surface area contributed by atoms with Gasteiger partial charge in [0.2, 0.25) is 5.91 Å². The molecule has 2 aromatic carbocycles. The average molecular weight is 418 g/mol. The molecule has 4 rings (SSSR count). The molecule has 0 fully saturated rings. The van der Waals surface area contributed by atoms with E-state index in [1.54, 1.807) is 55.6 Å². The van der Waals surface area contributed by atoms with Crippen LogP contribution in [0.3, 0.4) is 0 Å². The van der Waals surface area contributed by atoms with Gasteiger partial charge in [0.15, 0.2) is 16.9 Å². The van der Waals surface area contributed by atoms with Gasteiger partial charge in [0, 0.05) is 17.3 Å². The highest BCUT2D eigenvalue weighted by atomic mass is 16.5. The number of carbonyl (C=O) groups is 2. The van der Waals surface area contributed by atoms with Crippen molar-refractivity contribution in [1.29, 1.82) is 0 Å². The van der Waals surface area contributed by atoms with E-state index >= 15 is 0 Å². The number of hydrogen-bond donors (Lipinski definition) is 1. The van der Waals surface area contributed by atoms with E-state index in [2.05, 4.69) is 20.6 Å². The second-order valence-corrected chi connectivity index (χ2v) is 6.73. The number of carbonyl (C=O) groups excluding carboxylic acids is 2. The Morgan fingerprint density at radius 1 is 1.13 bits per heavy atom. The Balaban J connectivity index is 1.56. The molecule has 0 spiro atoms. The van der Waals surface area contributed by atoms with Gasteiger partial charge in [0.1, 0.15) is 18.6 Å². The van der Waals surface area contributed by atoms with Crippen LogP contribution in [0.4, 0.5) is 5.69 Å². The monoisotopic (exact) mass is 418 g/mol. The number of nitrogens with one attached hydrogen (secondary N) is 1. The summed E-state index contributed by atoms with van der Waals surface area (Å²) in [5.74, 6) is 0.146. The minimum absolute atomic E-state index is 0.0453. The van der Waals surface area contributed by atoms with E-state index in [0.717, 1.165) is 4.57 Å². The molecule has 0 aliphatic heterocycles. The molecule has 0 radical (unpaired) electrons. The normalized spacial score (nSPS) is 10.8. The summed E-state index contributed by atoms with van der Waals surface area (Å²) in [4.78, 5) is 40.7. The van der Waals surface area contributed by atoms with Gasteiger partial charge in [-0.25, -0.2) is 4.98 Å². The summed E-state index contributed by atoms with van der Waals surface area (Å²) in [6.07, 6.45) is 1.28. The lowest BCUT2D eigenvalue weighted by molar-refractivity contribution is -0.116. The fourth-order valence-electron chi connectivity index (χ4n) is 3.02. The maximum absolute atomic E-state index is 12.8. The number of fused-ring (bicyclic) bond motifs is 1. The first-order valence-corrected chi connectivity index (χ1v) is 9.32. The van der Waals surface area contributed by atoms with E-state index in [0.29, 0.717) is 22.7 Å². The minimum Gasteiger partial charge on any atom is -0.497 e. The van der Waals surface area contributed by atoms with Gasteiger partial charge in [-0.05, 0) is 43.3 Å². The molecule has 2 aromatic heterocycles. The van der Waals surface area contributed by atoms with Crippen LogP contribution in [0.1, 0.15) is 17.3 Å². The Morgan fingerprint density at radius 2 is 1.90 bits per heavy atom. The van der Waals surface area contributed by atoms with Crippen molar-refractivity contribution >= 4 is 28.5 Å². The topological polar surface area (TPSA) is 121 Å². The third kappa shape index (κ3) is 4.04. The molecule has 1 N–H and O–H groups in total. The van der Waals surface area contributed by atoms with E-state index in [1.807, 2.05) is 0 Å². The maximum Gasteiger partial charge on any atom is 0.284 e. The van der Waals surface area contributed by atoms with Gasteiger partial charge in [-0.3, -0.25) is 19.0 Å². The Kier molecular flexibility index (Phi) is 5.27. The van der Waals surface area contributed by atoms with E-state index in [1.165, 1.54) is 17.9 Å². The average Bonchev–Trinajstić information content (AvgIpc) is 3.21. The fourth-order valence-corrected chi connectivity index (χ4v) is 3.02. The van der Waals surface area contributed by atoms with Crippen molar-refractivity contribution in [3.8, 4) is 11.4 Å². The Labute approximate surface area is 176 Å². The largest absolute Gasteiger partial charge is 0.497 e. The molecule has 31 heavy (non-hydrogen) atoms. The van der Waals surface area contributed by atoms with Gasteiger partial charge < -0.3 is 10.1 Å². The summed E-state index contributed by atoms with van der Waals surface area (Å²) in [7, 11) is 1.55. The first-order chi connectivity index (χ1) is 15.0. The van der Waals surface area contributed by atoms with Crippen LogP contribution < -0.4 is 15.6 Å². The highest BCUT2D eigenvalue weighted by Gasteiger charge is 2.15. The van der Waals surface area contributed by atoms with Crippen molar-refractivity contribution < 1.29 is 14.3 Å². The summed E-state index contributed by atoms with van der Waals surface area (Å²) >= 11 is 0. The third-order valence-electron chi connectivity index (χ3n) is 4.62. The first-order valence-electron chi connectivity index (χ1n) is 9.32. The van der Waals surface area contributed by atoms with Crippen LogP contribution in [0.25, 0.3) is 16.9 Å². The molecule has 0 atom stereocenters. The van der Waals surface area contributed by atoms with Gasteiger partial charge in [-0.1, -0.05) is 11.3 Å². The van der Waals surface area contributed by atoms with Crippen LogP contribution >= 0.6 is 0 Å². The molecule has 2 heterocycles. The number of ketones is 1. The molecule has 10 heteroatoms. The van der Waals surface area contributed by atoms with Crippen LogP contribution in [0, 0.1) is 0 Å². The number of hydrogen-bond acceptors (Lipinski definition) is 7. The second kappa shape index (κ2) is 8.19. The van der Waals surface area contributed by atoms with Crippen molar-refractivity contribution in [1.82, 2.24) is 24.5 Å². The molecule has 0 aliphatic rings. The van der Waals surface area contributed by atoms with E-state index in [4.69, 9.17) is 4.74 Å². The molecule has 0 aliphatic carbocycles. The maximum atomic E-state index is 12.8. The second-order valence-electron chi connectivity index (χ2n) is 6.73. The van der Waals surface area contributed by atoms with Crippen molar-refractivity contribution in [2.24, 2.45) is 0 Å². The number of ether oxygens (including phenoxy) is 1. The third-order valence-corrected chi connectivity index (χ3v) is 4.62. The Morgan fingerprint density at radius 3 is 2.61 bits per heavy atom. The number of anilines is 1. The molecule has 0 saturated heterocycles.